The highest BCUT2D eigenvalue weighted by atomic mass is 32.2. The molecule has 0 amide bonds. The maximum Gasteiger partial charge on any atom is 0.253 e. The zero-order valence-corrected chi connectivity index (χ0v) is 12.3. The van der Waals surface area contributed by atoms with Crippen molar-refractivity contribution in [2.75, 3.05) is 6.54 Å². The summed E-state index contributed by atoms with van der Waals surface area (Å²) in [7, 11) is -3.40. The molecule has 1 fully saturated rings. The van der Waals surface area contributed by atoms with Gasteiger partial charge in [-0.15, -0.1) is 11.3 Å². The molecule has 0 radical (unpaired) electrons. The van der Waals surface area contributed by atoms with E-state index in [1.54, 1.807) is 6.07 Å². The summed E-state index contributed by atoms with van der Waals surface area (Å²) >= 11 is 1.36. The van der Waals surface area contributed by atoms with E-state index in [1.807, 2.05) is 13.0 Å². The number of nitrogens with two attached hydrogens (primary N) is 1. The van der Waals surface area contributed by atoms with Crippen molar-refractivity contribution in [1.29, 1.82) is 0 Å². The fourth-order valence-electron chi connectivity index (χ4n) is 2.21. The number of hydrogen-bond donors (Lipinski definition) is 1. The first-order chi connectivity index (χ1) is 8.55. The van der Waals surface area contributed by atoms with Gasteiger partial charge in [0.2, 0.25) is 0 Å². The number of aryl methyl sites for hydroxylation is 1. The highest BCUT2D eigenvalue weighted by molar-refractivity contribution is 7.91. The second-order valence-electron chi connectivity index (χ2n) is 4.61. The largest absolute Gasteiger partial charge is 0.315 e. The van der Waals surface area contributed by atoms with Crippen molar-refractivity contribution in [3.8, 4) is 0 Å². The molecular weight excluding hydrogens is 268 g/mol. The van der Waals surface area contributed by atoms with Crippen molar-refractivity contribution in [2.45, 2.75) is 49.4 Å². The van der Waals surface area contributed by atoms with E-state index in [0.717, 1.165) is 37.0 Å². The van der Waals surface area contributed by atoms with Crippen LogP contribution >= 0.6 is 11.3 Å². The summed E-state index contributed by atoms with van der Waals surface area (Å²) in [5.41, 5.74) is 5.99. The summed E-state index contributed by atoms with van der Waals surface area (Å²) in [6, 6.07) is 3.59. The first-order valence-corrected chi connectivity index (χ1v) is 8.67. The molecule has 1 aromatic heterocycles. The molecule has 4 nitrogen and oxygen atoms in total. The Morgan fingerprint density at radius 3 is 2.83 bits per heavy atom. The lowest BCUT2D eigenvalue weighted by Crippen LogP contribution is -2.44. The average Bonchev–Trinajstić information content (AvgIpc) is 2.72. The molecule has 2 rings (SSSR count). The normalized spacial score (nSPS) is 22.9. The van der Waals surface area contributed by atoms with Crippen molar-refractivity contribution in [3.05, 3.63) is 17.0 Å². The minimum absolute atomic E-state index is 0.371. The molecule has 1 unspecified atom stereocenters. The minimum Gasteiger partial charge on any atom is -0.315 e. The van der Waals surface area contributed by atoms with Crippen LogP contribution in [0.1, 0.15) is 37.5 Å². The number of hydrogen-bond acceptors (Lipinski definition) is 4. The molecule has 2 N–H and O–H groups in total. The van der Waals surface area contributed by atoms with Gasteiger partial charge in [-0.25, -0.2) is 8.42 Å². The van der Waals surface area contributed by atoms with Crippen LogP contribution < -0.4 is 5.73 Å². The molecule has 102 valence electrons. The zero-order chi connectivity index (χ0) is 13.2. The Labute approximate surface area is 113 Å². The zero-order valence-electron chi connectivity index (χ0n) is 10.6. The lowest BCUT2D eigenvalue weighted by atomic mass is 10.2. The molecule has 0 saturated carbocycles. The summed E-state index contributed by atoms with van der Waals surface area (Å²) in [6.07, 6.45) is 4.23. The fourth-order valence-corrected chi connectivity index (χ4v) is 5.22. The van der Waals surface area contributed by atoms with E-state index in [9.17, 15) is 8.42 Å². The Morgan fingerprint density at radius 2 is 2.17 bits per heavy atom. The molecule has 1 saturated heterocycles. The maximum atomic E-state index is 12.5. The van der Waals surface area contributed by atoms with Gasteiger partial charge in [0.15, 0.2) is 0 Å². The van der Waals surface area contributed by atoms with Crippen LogP contribution in [0.5, 0.6) is 0 Å². The second-order valence-corrected chi connectivity index (χ2v) is 7.89. The van der Waals surface area contributed by atoms with Gasteiger partial charge in [-0.3, -0.25) is 0 Å². The monoisotopic (exact) mass is 288 g/mol. The smallest absolute Gasteiger partial charge is 0.253 e. The van der Waals surface area contributed by atoms with Crippen molar-refractivity contribution >= 4 is 21.4 Å². The summed E-state index contributed by atoms with van der Waals surface area (Å²) in [5.74, 6) is 0. The Kier molecular flexibility index (Phi) is 4.42. The molecule has 0 spiro atoms. The molecule has 0 aromatic carbocycles. The van der Waals surface area contributed by atoms with Crippen molar-refractivity contribution < 1.29 is 8.42 Å². The first kappa shape index (κ1) is 14.0. The molecule has 1 aromatic rings. The summed E-state index contributed by atoms with van der Waals surface area (Å²) < 4.78 is 27.0. The summed E-state index contributed by atoms with van der Waals surface area (Å²) in [6.45, 7) is 2.57. The van der Waals surface area contributed by atoms with E-state index in [0.29, 0.717) is 10.8 Å². The highest BCUT2D eigenvalue weighted by Crippen LogP contribution is 2.28. The molecule has 1 atom stereocenters. The van der Waals surface area contributed by atoms with Gasteiger partial charge in [0, 0.05) is 11.4 Å². The summed E-state index contributed by atoms with van der Waals surface area (Å²) in [5, 5.41) is 0. The van der Waals surface area contributed by atoms with Crippen LogP contribution in [0, 0.1) is 0 Å². The van der Waals surface area contributed by atoms with Gasteiger partial charge in [-0.2, -0.15) is 4.31 Å². The van der Waals surface area contributed by atoms with Gasteiger partial charge in [-0.1, -0.05) is 19.8 Å². The predicted octanol–water partition coefficient (Wildman–Crippen LogP) is 2.16. The molecule has 1 aliphatic heterocycles. The van der Waals surface area contributed by atoms with Crippen LogP contribution in [0.4, 0.5) is 0 Å². The SMILES string of the molecule is CCc1ccc(S(=O)(=O)N2CCCCCC2N)s1. The van der Waals surface area contributed by atoms with Gasteiger partial charge in [-0.05, 0) is 31.4 Å². The van der Waals surface area contributed by atoms with Gasteiger partial charge in [0.05, 0.1) is 6.17 Å². The molecule has 1 aliphatic rings. The highest BCUT2D eigenvalue weighted by Gasteiger charge is 2.31. The maximum absolute atomic E-state index is 12.5. The number of nitrogens with zero attached hydrogens (tertiary/aromatic N) is 1. The van der Waals surface area contributed by atoms with Crippen molar-refractivity contribution in [3.63, 3.8) is 0 Å². The first-order valence-electron chi connectivity index (χ1n) is 6.42. The Hall–Kier alpha value is -0.430. The van der Waals surface area contributed by atoms with E-state index in [2.05, 4.69) is 0 Å². The Bertz CT molecular complexity index is 496. The van der Waals surface area contributed by atoms with Gasteiger partial charge in [0.1, 0.15) is 4.21 Å². The summed E-state index contributed by atoms with van der Waals surface area (Å²) in [4.78, 5) is 1.09. The van der Waals surface area contributed by atoms with Gasteiger partial charge < -0.3 is 5.73 Å². The van der Waals surface area contributed by atoms with E-state index in [1.165, 1.54) is 15.6 Å². The van der Waals surface area contributed by atoms with E-state index in [4.69, 9.17) is 5.73 Å². The van der Waals surface area contributed by atoms with E-state index in [-0.39, 0.29) is 6.17 Å². The fraction of sp³-hybridized carbons (Fsp3) is 0.667. The lowest BCUT2D eigenvalue weighted by Gasteiger charge is -2.25. The van der Waals surface area contributed by atoms with Crippen LogP contribution in [0.25, 0.3) is 0 Å². The van der Waals surface area contributed by atoms with Gasteiger partial charge >= 0.3 is 0 Å². The van der Waals surface area contributed by atoms with E-state index >= 15 is 0 Å². The quantitative estimate of drug-likeness (QED) is 0.927. The van der Waals surface area contributed by atoms with Crippen LogP contribution in [0.3, 0.4) is 0 Å². The molecule has 6 heteroatoms. The third-order valence-corrected chi connectivity index (χ3v) is 6.92. The van der Waals surface area contributed by atoms with Crippen LogP contribution in [-0.4, -0.2) is 25.4 Å². The second kappa shape index (κ2) is 5.69. The molecule has 2 heterocycles. The molecular formula is C12H20N2O2S2. The molecule has 18 heavy (non-hydrogen) atoms. The third kappa shape index (κ3) is 2.77. The Morgan fingerprint density at radius 1 is 1.39 bits per heavy atom. The van der Waals surface area contributed by atoms with Crippen LogP contribution in [0.2, 0.25) is 0 Å². The van der Waals surface area contributed by atoms with Crippen LogP contribution in [0.15, 0.2) is 16.3 Å². The number of rotatable bonds is 3. The van der Waals surface area contributed by atoms with Crippen molar-refractivity contribution in [1.82, 2.24) is 4.31 Å². The number of sulfonamides is 1. The lowest BCUT2D eigenvalue weighted by molar-refractivity contribution is 0.330. The number of thiophene rings is 1. The van der Waals surface area contributed by atoms with Gasteiger partial charge in [0.25, 0.3) is 10.0 Å². The molecule has 0 aliphatic carbocycles. The molecule has 0 bridgehead atoms. The standard InChI is InChI=1S/C12H20N2O2S2/c1-2-10-7-8-12(17-10)18(15,16)14-9-5-3-4-6-11(14)13/h7-8,11H,2-6,9,13H2,1H3. The minimum atomic E-state index is -3.40. The topological polar surface area (TPSA) is 63.4 Å². The Balaban J connectivity index is 2.28. The van der Waals surface area contributed by atoms with Crippen LogP contribution in [-0.2, 0) is 16.4 Å². The predicted molar refractivity (Wildman–Crippen MR) is 74.0 cm³/mol. The van der Waals surface area contributed by atoms with Crippen molar-refractivity contribution in [2.24, 2.45) is 5.73 Å². The van der Waals surface area contributed by atoms with E-state index < -0.39 is 10.0 Å². The third-order valence-electron chi connectivity index (χ3n) is 3.30. The average molecular weight is 288 g/mol.